The molecule has 0 spiro atoms. The number of methoxy groups -OCH3 is 1. The first-order valence-corrected chi connectivity index (χ1v) is 12.3. The predicted octanol–water partition coefficient (Wildman–Crippen LogP) is 5.00. The fourth-order valence-corrected chi connectivity index (χ4v) is 5.08. The molecule has 1 aromatic heterocycles. The van der Waals surface area contributed by atoms with E-state index in [1.807, 2.05) is 42.6 Å². The van der Waals surface area contributed by atoms with Gasteiger partial charge in [0, 0.05) is 42.4 Å². The Balaban J connectivity index is 1.36. The van der Waals surface area contributed by atoms with Gasteiger partial charge in [-0.15, -0.1) is 0 Å². The van der Waals surface area contributed by atoms with Crippen LogP contribution in [-0.4, -0.2) is 55.3 Å². The molecule has 3 aromatic rings. The maximum atomic E-state index is 12.9. The normalized spacial score (nSPS) is 17.0. The van der Waals surface area contributed by atoms with Crippen molar-refractivity contribution in [3.05, 3.63) is 71.0 Å². The Morgan fingerprint density at radius 2 is 1.89 bits per heavy atom. The summed E-state index contributed by atoms with van der Waals surface area (Å²) in [7, 11) is 1.67. The molecule has 0 radical (unpaired) electrons. The highest BCUT2D eigenvalue weighted by atomic mass is 16.5. The number of hydrogen-bond acceptors (Lipinski definition) is 4. The Labute approximate surface area is 207 Å². The number of fused-ring (bicyclic) bond motifs is 1. The zero-order valence-corrected chi connectivity index (χ0v) is 20.8. The molecule has 1 saturated heterocycles. The van der Waals surface area contributed by atoms with E-state index in [2.05, 4.69) is 40.9 Å². The summed E-state index contributed by atoms with van der Waals surface area (Å²) in [5, 5.41) is 3.05. The van der Waals surface area contributed by atoms with Crippen LogP contribution in [0.3, 0.4) is 0 Å². The molecule has 5 rings (SSSR count). The van der Waals surface area contributed by atoms with E-state index in [1.54, 1.807) is 7.11 Å². The van der Waals surface area contributed by atoms with Crippen LogP contribution in [0, 0.1) is 13.8 Å². The van der Waals surface area contributed by atoms with Crippen LogP contribution in [0.15, 0.2) is 48.7 Å². The Morgan fingerprint density at radius 3 is 2.69 bits per heavy atom. The third-order valence-corrected chi connectivity index (χ3v) is 7.11. The number of benzene rings is 2. The van der Waals surface area contributed by atoms with Crippen LogP contribution in [0.5, 0.6) is 5.75 Å². The lowest BCUT2D eigenvalue weighted by molar-refractivity contribution is -0.110. The van der Waals surface area contributed by atoms with Gasteiger partial charge in [0.1, 0.15) is 5.75 Å². The van der Waals surface area contributed by atoms with Gasteiger partial charge in [0.25, 0.3) is 5.91 Å². The Morgan fingerprint density at radius 1 is 1.09 bits per heavy atom. The second-order valence-electron chi connectivity index (χ2n) is 9.33. The van der Waals surface area contributed by atoms with Crippen molar-refractivity contribution >= 4 is 23.4 Å². The lowest BCUT2D eigenvalue weighted by Crippen LogP contribution is -2.36. The standard InChI is InChI=1S/C29H33N3O3/c1-20-18-32(21(2)25(20)8-5-11-31-12-14-35-15-13-31)19-27-26-10-9-23(17-28(26)30-29(27)33)22-6-4-7-24(16-22)34-3/h4,6-7,9-10,16-19H,5,8,11-15H2,1-3H3,(H,30,33). The second kappa shape index (κ2) is 10.1. The van der Waals surface area contributed by atoms with Crippen molar-refractivity contribution in [1.82, 2.24) is 9.47 Å². The van der Waals surface area contributed by atoms with E-state index in [1.165, 1.54) is 16.8 Å². The minimum atomic E-state index is -0.0672. The summed E-state index contributed by atoms with van der Waals surface area (Å²) in [6.07, 6.45) is 6.28. The number of rotatable bonds is 7. The molecule has 3 heterocycles. The molecule has 0 bridgehead atoms. The quantitative estimate of drug-likeness (QED) is 0.493. The first-order chi connectivity index (χ1) is 17.0. The number of ether oxygens (including phenoxy) is 2. The molecule has 2 aliphatic rings. The lowest BCUT2D eigenvalue weighted by Gasteiger charge is -2.26. The van der Waals surface area contributed by atoms with E-state index < -0.39 is 0 Å². The zero-order valence-electron chi connectivity index (χ0n) is 20.8. The number of aryl methyl sites for hydroxylation is 1. The molecule has 35 heavy (non-hydrogen) atoms. The number of carbonyl (C=O) groups is 1. The Hall–Kier alpha value is -3.35. The van der Waals surface area contributed by atoms with Crippen LogP contribution in [0.2, 0.25) is 0 Å². The molecule has 6 nitrogen and oxygen atoms in total. The molecule has 0 saturated carbocycles. The minimum absolute atomic E-state index is 0.0672. The third-order valence-electron chi connectivity index (χ3n) is 7.11. The monoisotopic (exact) mass is 471 g/mol. The smallest absolute Gasteiger partial charge is 0.257 e. The number of nitrogens with one attached hydrogen (secondary N) is 1. The first-order valence-electron chi connectivity index (χ1n) is 12.3. The maximum absolute atomic E-state index is 12.9. The molecule has 0 unspecified atom stereocenters. The van der Waals surface area contributed by atoms with Crippen LogP contribution in [-0.2, 0) is 16.0 Å². The summed E-state index contributed by atoms with van der Waals surface area (Å²) >= 11 is 0. The molecule has 6 heteroatoms. The fraction of sp³-hybridized carbons (Fsp3) is 0.345. The van der Waals surface area contributed by atoms with Gasteiger partial charge >= 0.3 is 0 Å². The minimum Gasteiger partial charge on any atom is -0.497 e. The largest absolute Gasteiger partial charge is 0.497 e. The molecule has 2 aromatic carbocycles. The molecule has 1 amide bonds. The van der Waals surface area contributed by atoms with Gasteiger partial charge in [0.05, 0.1) is 25.9 Å². The van der Waals surface area contributed by atoms with Crippen molar-refractivity contribution in [2.45, 2.75) is 26.7 Å². The van der Waals surface area contributed by atoms with Crippen molar-refractivity contribution in [2.24, 2.45) is 0 Å². The third kappa shape index (κ3) is 4.90. The molecule has 182 valence electrons. The van der Waals surface area contributed by atoms with Gasteiger partial charge in [-0.3, -0.25) is 9.69 Å². The van der Waals surface area contributed by atoms with Crippen LogP contribution >= 0.6 is 0 Å². The maximum Gasteiger partial charge on any atom is 0.257 e. The summed E-state index contributed by atoms with van der Waals surface area (Å²) in [5.41, 5.74) is 8.41. The SMILES string of the molecule is COc1cccc(-c2ccc3c(c2)NC(=O)C3=Cn2cc(C)c(CCCN3CCOCC3)c2C)c1. The highest BCUT2D eigenvalue weighted by Gasteiger charge is 2.25. The van der Waals surface area contributed by atoms with Crippen LogP contribution in [0.1, 0.15) is 28.8 Å². The summed E-state index contributed by atoms with van der Waals surface area (Å²) < 4.78 is 12.9. The summed E-state index contributed by atoms with van der Waals surface area (Å²) in [6, 6.07) is 14.1. The Bertz CT molecular complexity index is 1270. The van der Waals surface area contributed by atoms with E-state index in [4.69, 9.17) is 9.47 Å². The van der Waals surface area contributed by atoms with E-state index in [-0.39, 0.29) is 5.91 Å². The van der Waals surface area contributed by atoms with Crippen LogP contribution in [0.4, 0.5) is 5.69 Å². The zero-order chi connectivity index (χ0) is 24.4. The molecule has 1 N–H and O–H groups in total. The van der Waals surface area contributed by atoms with Crippen molar-refractivity contribution in [2.75, 3.05) is 45.3 Å². The highest BCUT2D eigenvalue weighted by molar-refractivity contribution is 6.34. The van der Waals surface area contributed by atoms with Gasteiger partial charge in [0.15, 0.2) is 0 Å². The van der Waals surface area contributed by atoms with E-state index >= 15 is 0 Å². The van der Waals surface area contributed by atoms with Gasteiger partial charge in [-0.25, -0.2) is 0 Å². The first kappa shape index (κ1) is 23.4. The molecule has 0 atom stereocenters. The second-order valence-corrected chi connectivity index (χ2v) is 9.33. The summed E-state index contributed by atoms with van der Waals surface area (Å²) in [6.45, 7) is 9.14. The van der Waals surface area contributed by atoms with Crippen molar-refractivity contribution in [3.8, 4) is 16.9 Å². The molecule has 1 fully saturated rings. The van der Waals surface area contributed by atoms with Crippen LogP contribution in [0.25, 0.3) is 22.9 Å². The number of nitrogens with zero attached hydrogens (tertiary/aromatic N) is 2. The highest BCUT2D eigenvalue weighted by Crippen LogP contribution is 2.36. The number of carbonyl (C=O) groups excluding carboxylic acids is 1. The van der Waals surface area contributed by atoms with Crippen molar-refractivity contribution in [1.29, 1.82) is 0 Å². The molecule has 2 aliphatic heterocycles. The topological polar surface area (TPSA) is 55.7 Å². The lowest BCUT2D eigenvalue weighted by atomic mass is 10.0. The van der Waals surface area contributed by atoms with Gasteiger partial charge in [-0.2, -0.15) is 0 Å². The number of hydrogen-bond donors (Lipinski definition) is 1. The van der Waals surface area contributed by atoms with E-state index in [0.29, 0.717) is 5.57 Å². The number of aromatic nitrogens is 1. The van der Waals surface area contributed by atoms with Crippen LogP contribution < -0.4 is 10.1 Å². The molecular formula is C29H33N3O3. The predicted molar refractivity (Wildman–Crippen MR) is 141 cm³/mol. The number of morpholine rings is 1. The van der Waals surface area contributed by atoms with Gasteiger partial charge in [0.2, 0.25) is 0 Å². The van der Waals surface area contributed by atoms with Gasteiger partial charge < -0.3 is 19.4 Å². The van der Waals surface area contributed by atoms with E-state index in [9.17, 15) is 4.79 Å². The molecule has 0 aliphatic carbocycles. The average molecular weight is 472 g/mol. The number of anilines is 1. The van der Waals surface area contributed by atoms with Crippen molar-refractivity contribution in [3.63, 3.8) is 0 Å². The van der Waals surface area contributed by atoms with Gasteiger partial charge in [-0.05, 0) is 73.7 Å². The van der Waals surface area contributed by atoms with E-state index in [0.717, 1.165) is 73.8 Å². The number of amides is 1. The van der Waals surface area contributed by atoms with Crippen molar-refractivity contribution < 1.29 is 14.3 Å². The Kier molecular flexibility index (Phi) is 6.75. The summed E-state index contributed by atoms with van der Waals surface area (Å²) in [5.74, 6) is 0.745. The van der Waals surface area contributed by atoms with Gasteiger partial charge in [-0.1, -0.05) is 24.3 Å². The fourth-order valence-electron chi connectivity index (χ4n) is 5.08. The molecular weight excluding hydrogens is 438 g/mol. The average Bonchev–Trinajstić information content (AvgIpc) is 3.34. The summed E-state index contributed by atoms with van der Waals surface area (Å²) in [4.78, 5) is 15.4.